The first-order valence-electron chi connectivity index (χ1n) is 9.98. The first-order chi connectivity index (χ1) is 14.8. The number of amides is 2. The largest absolute Gasteiger partial charge is 0.329 e. The molecule has 0 saturated heterocycles. The Bertz CT molecular complexity index is 1250. The number of hydrogen-bond acceptors (Lipinski definition) is 4. The van der Waals surface area contributed by atoms with Crippen LogP contribution in [0.15, 0.2) is 67.5 Å². The van der Waals surface area contributed by atoms with Gasteiger partial charge in [-0.05, 0) is 50.1 Å². The molecular formula is C23H25N7O. The van der Waals surface area contributed by atoms with Crippen molar-refractivity contribution < 1.29 is 4.79 Å². The highest BCUT2D eigenvalue weighted by Gasteiger charge is 2.23. The Kier molecular flexibility index (Phi) is 5.29. The first-order valence-corrected chi connectivity index (χ1v) is 9.98. The highest BCUT2D eigenvalue weighted by Crippen LogP contribution is 2.23. The number of rotatable bonds is 6. The average molecular weight is 416 g/mol. The van der Waals surface area contributed by atoms with Gasteiger partial charge in [-0.25, -0.2) is 14.2 Å². The van der Waals surface area contributed by atoms with E-state index in [1.54, 1.807) is 21.8 Å². The van der Waals surface area contributed by atoms with Crippen LogP contribution < -0.4 is 10.6 Å². The van der Waals surface area contributed by atoms with Crippen LogP contribution in [0.1, 0.15) is 31.9 Å². The molecule has 0 atom stereocenters. The minimum Gasteiger partial charge on any atom is -0.329 e. The molecule has 0 saturated carbocycles. The molecule has 0 aliphatic rings. The molecule has 8 nitrogen and oxygen atoms in total. The van der Waals surface area contributed by atoms with Crippen molar-refractivity contribution in [3.05, 3.63) is 78.6 Å². The highest BCUT2D eigenvalue weighted by molar-refractivity contribution is 5.89. The maximum atomic E-state index is 12.6. The van der Waals surface area contributed by atoms with Gasteiger partial charge in [0.15, 0.2) is 0 Å². The van der Waals surface area contributed by atoms with E-state index < -0.39 is 5.54 Å². The van der Waals surface area contributed by atoms with Gasteiger partial charge in [0.1, 0.15) is 12.2 Å². The van der Waals surface area contributed by atoms with Gasteiger partial charge in [0.25, 0.3) is 0 Å². The van der Waals surface area contributed by atoms with Gasteiger partial charge in [0.2, 0.25) is 0 Å². The maximum Gasteiger partial charge on any atom is 0.320 e. The summed E-state index contributed by atoms with van der Waals surface area (Å²) in [7, 11) is 0. The van der Waals surface area contributed by atoms with Crippen LogP contribution in [0.4, 0.5) is 10.5 Å². The topological polar surface area (TPSA) is 89.7 Å². The average Bonchev–Trinajstić information content (AvgIpc) is 3.35. The Morgan fingerprint density at radius 1 is 1.16 bits per heavy atom. The smallest absolute Gasteiger partial charge is 0.320 e. The van der Waals surface area contributed by atoms with Crippen LogP contribution in [0.2, 0.25) is 0 Å². The molecule has 2 N–H and O–H groups in total. The van der Waals surface area contributed by atoms with E-state index in [1.165, 1.54) is 0 Å². The molecule has 0 spiro atoms. The predicted molar refractivity (Wildman–Crippen MR) is 121 cm³/mol. The number of carbonyl (C=O) groups excluding carboxylic acids is 1. The number of benzene rings is 2. The van der Waals surface area contributed by atoms with E-state index in [-0.39, 0.29) is 6.03 Å². The fraction of sp³-hybridized carbons (Fsp3) is 0.217. The molecule has 2 amide bonds. The summed E-state index contributed by atoms with van der Waals surface area (Å²) >= 11 is 0. The normalized spacial score (nSPS) is 11.5. The zero-order valence-corrected chi connectivity index (χ0v) is 17.8. The summed E-state index contributed by atoms with van der Waals surface area (Å²) in [4.78, 5) is 12.6. The van der Waals surface area contributed by atoms with Crippen LogP contribution in [-0.4, -0.2) is 30.8 Å². The Hall–Kier alpha value is -3.94. The van der Waals surface area contributed by atoms with Gasteiger partial charge >= 0.3 is 6.03 Å². The molecule has 31 heavy (non-hydrogen) atoms. The molecule has 4 aromatic rings. The van der Waals surface area contributed by atoms with Gasteiger partial charge in [-0.2, -0.15) is 5.10 Å². The zero-order chi connectivity index (χ0) is 22.0. The third-order valence-corrected chi connectivity index (χ3v) is 5.09. The van der Waals surface area contributed by atoms with Crippen LogP contribution in [0.3, 0.4) is 0 Å². The van der Waals surface area contributed by atoms with Crippen molar-refractivity contribution in [2.75, 3.05) is 5.32 Å². The number of nitrogens with zero attached hydrogens (tertiary/aromatic N) is 5. The van der Waals surface area contributed by atoms with E-state index in [0.717, 1.165) is 27.7 Å². The van der Waals surface area contributed by atoms with Crippen molar-refractivity contribution in [3.8, 4) is 0 Å². The number of urea groups is 1. The minimum atomic E-state index is -0.564. The third-order valence-electron chi connectivity index (χ3n) is 5.09. The Morgan fingerprint density at radius 2 is 1.97 bits per heavy atom. The Balaban J connectivity index is 1.42. The number of hydrogen-bond donors (Lipinski definition) is 2. The van der Waals surface area contributed by atoms with E-state index in [9.17, 15) is 4.79 Å². The predicted octanol–water partition coefficient (Wildman–Crippen LogP) is 4.22. The molecule has 2 aromatic carbocycles. The summed E-state index contributed by atoms with van der Waals surface area (Å²) in [6, 6.07) is 15.4. The second-order valence-electron chi connectivity index (χ2n) is 8.05. The lowest BCUT2D eigenvalue weighted by molar-refractivity contribution is 0.242. The molecule has 0 bridgehead atoms. The van der Waals surface area contributed by atoms with Crippen molar-refractivity contribution in [1.29, 1.82) is 0 Å². The Labute approximate surface area is 180 Å². The SMILES string of the molecule is C=C(C)c1cccc(C(C)(C)NC(=O)Nc2cnn(Cn3nnc4ccccc43)c2)c1. The van der Waals surface area contributed by atoms with Gasteiger partial charge in [0, 0.05) is 0 Å². The second kappa shape index (κ2) is 8.06. The van der Waals surface area contributed by atoms with E-state index in [4.69, 9.17) is 0 Å². The first kappa shape index (κ1) is 20.3. The summed E-state index contributed by atoms with van der Waals surface area (Å²) in [5, 5.41) is 18.5. The van der Waals surface area contributed by atoms with Crippen molar-refractivity contribution in [2.45, 2.75) is 33.0 Å². The molecular weight excluding hydrogens is 390 g/mol. The van der Waals surface area contributed by atoms with E-state index in [2.05, 4.69) is 32.6 Å². The van der Waals surface area contributed by atoms with Crippen molar-refractivity contribution in [2.24, 2.45) is 0 Å². The monoisotopic (exact) mass is 415 g/mol. The quantitative estimate of drug-likeness (QED) is 0.493. The summed E-state index contributed by atoms with van der Waals surface area (Å²) in [6.45, 7) is 10.3. The van der Waals surface area contributed by atoms with Gasteiger partial charge in [-0.3, -0.25) is 0 Å². The van der Waals surface area contributed by atoms with Crippen molar-refractivity contribution in [3.63, 3.8) is 0 Å². The van der Waals surface area contributed by atoms with Crippen molar-refractivity contribution >= 4 is 28.3 Å². The molecule has 0 radical (unpaired) electrons. The number of para-hydroxylation sites is 1. The second-order valence-corrected chi connectivity index (χ2v) is 8.05. The molecule has 4 rings (SSSR count). The number of allylic oxidation sites excluding steroid dienone is 1. The molecule has 2 aromatic heterocycles. The van der Waals surface area contributed by atoms with Crippen LogP contribution in [-0.2, 0) is 12.2 Å². The molecule has 2 heterocycles. The molecule has 0 aliphatic heterocycles. The van der Waals surface area contributed by atoms with E-state index in [1.807, 2.05) is 69.3 Å². The molecule has 8 heteroatoms. The van der Waals surface area contributed by atoms with E-state index >= 15 is 0 Å². The highest BCUT2D eigenvalue weighted by atomic mass is 16.2. The Morgan fingerprint density at radius 3 is 2.77 bits per heavy atom. The third kappa shape index (κ3) is 4.48. The fourth-order valence-corrected chi connectivity index (χ4v) is 3.36. The lowest BCUT2D eigenvalue weighted by Gasteiger charge is -2.27. The lowest BCUT2D eigenvalue weighted by atomic mass is 9.92. The number of carbonyl (C=O) groups is 1. The van der Waals surface area contributed by atoms with Crippen LogP contribution in [0.25, 0.3) is 16.6 Å². The van der Waals surface area contributed by atoms with Crippen LogP contribution in [0, 0.1) is 0 Å². The van der Waals surface area contributed by atoms with Gasteiger partial charge < -0.3 is 10.6 Å². The molecule has 0 aliphatic carbocycles. The summed E-state index contributed by atoms with van der Waals surface area (Å²) in [5.41, 5.74) is 4.80. The standard InChI is InChI=1S/C23H25N7O/c1-16(2)17-8-7-9-18(12-17)23(3,4)26-22(31)25-19-13-24-29(14-19)15-30-21-11-6-5-10-20(21)27-28-30/h5-14H,1,15H2,2-4H3,(H2,25,26,31). The maximum absolute atomic E-state index is 12.6. The molecule has 0 unspecified atom stereocenters. The van der Waals surface area contributed by atoms with Crippen LogP contribution in [0.5, 0.6) is 0 Å². The number of aromatic nitrogens is 5. The van der Waals surface area contributed by atoms with Gasteiger partial charge in [0.05, 0.1) is 29.1 Å². The number of anilines is 1. The zero-order valence-electron chi connectivity index (χ0n) is 17.8. The van der Waals surface area contributed by atoms with Crippen molar-refractivity contribution in [1.82, 2.24) is 30.1 Å². The number of fused-ring (bicyclic) bond motifs is 1. The minimum absolute atomic E-state index is 0.309. The van der Waals surface area contributed by atoms with Gasteiger partial charge in [-0.15, -0.1) is 5.10 Å². The summed E-state index contributed by atoms with van der Waals surface area (Å²) in [5.74, 6) is 0. The molecule has 0 fully saturated rings. The number of nitrogens with one attached hydrogen (secondary N) is 2. The summed E-state index contributed by atoms with van der Waals surface area (Å²) in [6.07, 6.45) is 3.36. The fourth-order valence-electron chi connectivity index (χ4n) is 3.36. The van der Waals surface area contributed by atoms with Crippen LogP contribution >= 0.6 is 0 Å². The lowest BCUT2D eigenvalue weighted by Crippen LogP contribution is -2.43. The van der Waals surface area contributed by atoms with E-state index in [0.29, 0.717) is 12.4 Å². The van der Waals surface area contributed by atoms with Gasteiger partial charge in [-0.1, -0.05) is 47.7 Å². The molecule has 158 valence electrons. The summed E-state index contributed by atoms with van der Waals surface area (Å²) < 4.78 is 3.45.